The van der Waals surface area contributed by atoms with Crippen LogP contribution in [0.4, 0.5) is 0 Å². The molecular weight excluding hydrogens is 182 g/mol. The van der Waals surface area contributed by atoms with Crippen molar-refractivity contribution >= 4 is 11.8 Å². The molecule has 78 valence electrons. The number of piperidine rings is 1. The summed E-state index contributed by atoms with van der Waals surface area (Å²) >= 11 is 0. The van der Waals surface area contributed by atoms with Crippen LogP contribution in [0.2, 0.25) is 0 Å². The molecule has 1 spiro atoms. The van der Waals surface area contributed by atoms with Crippen LogP contribution in [0.1, 0.15) is 32.6 Å². The standard InChI is InChI=1S/C10H15NO3/c1-2-14-7-3-10(4-7)5-8(12)11-9(13)6-10/h7H,2-6H2,1H3,(H,11,12,13). The smallest absolute Gasteiger partial charge is 0.227 e. The summed E-state index contributed by atoms with van der Waals surface area (Å²) in [7, 11) is 0. The van der Waals surface area contributed by atoms with E-state index in [-0.39, 0.29) is 23.3 Å². The number of rotatable bonds is 2. The lowest BCUT2D eigenvalue weighted by Crippen LogP contribution is -2.52. The highest BCUT2D eigenvalue weighted by Crippen LogP contribution is 2.49. The summed E-state index contributed by atoms with van der Waals surface area (Å²) in [4.78, 5) is 22.3. The quantitative estimate of drug-likeness (QED) is 0.660. The van der Waals surface area contributed by atoms with E-state index >= 15 is 0 Å². The minimum atomic E-state index is -0.129. The van der Waals surface area contributed by atoms with Crippen LogP contribution in [-0.2, 0) is 14.3 Å². The van der Waals surface area contributed by atoms with Gasteiger partial charge in [-0.15, -0.1) is 0 Å². The number of amides is 2. The lowest BCUT2D eigenvalue weighted by molar-refractivity contribution is -0.149. The van der Waals surface area contributed by atoms with E-state index in [1.165, 1.54) is 0 Å². The van der Waals surface area contributed by atoms with Gasteiger partial charge in [0, 0.05) is 19.4 Å². The van der Waals surface area contributed by atoms with E-state index in [9.17, 15) is 9.59 Å². The average molecular weight is 197 g/mol. The van der Waals surface area contributed by atoms with Gasteiger partial charge in [0.05, 0.1) is 6.10 Å². The van der Waals surface area contributed by atoms with E-state index in [1.807, 2.05) is 6.92 Å². The van der Waals surface area contributed by atoms with Gasteiger partial charge in [-0.05, 0) is 25.2 Å². The monoisotopic (exact) mass is 197 g/mol. The Morgan fingerprint density at radius 2 is 1.93 bits per heavy atom. The van der Waals surface area contributed by atoms with Crippen molar-refractivity contribution in [1.29, 1.82) is 0 Å². The van der Waals surface area contributed by atoms with Gasteiger partial charge in [0.1, 0.15) is 0 Å². The molecule has 0 radical (unpaired) electrons. The van der Waals surface area contributed by atoms with Crippen LogP contribution in [0.15, 0.2) is 0 Å². The van der Waals surface area contributed by atoms with E-state index < -0.39 is 0 Å². The minimum Gasteiger partial charge on any atom is -0.378 e. The third kappa shape index (κ3) is 1.66. The second kappa shape index (κ2) is 3.35. The maximum absolute atomic E-state index is 11.2. The van der Waals surface area contributed by atoms with E-state index in [0.717, 1.165) is 12.8 Å². The van der Waals surface area contributed by atoms with Crippen molar-refractivity contribution in [2.24, 2.45) is 5.41 Å². The maximum Gasteiger partial charge on any atom is 0.227 e. The highest BCUT2D eigenvalue weighted by atomic mass is 16.5. The normalized spacial score (nSPS) is 26.1. The molecule has 2 amide bonds. The number of nitrogens with one attached hydrogen (secondary N) is 1. The summed E-state index contributed by atoms with van der Waals surface area (Å²) in [6.07, 6.45) is 2.96. The van der Waals surface area contributed by atoms with Crippen molar-refractivity contribution in [3.63, 3.8) is 0 Å². The molecule has 1 saturated carbocycles. The van der Waals surface area contributed by atoms with Crippen LogP contribution in [0.3, 0.4) is 0 Å². The van der Waals surface area contributed by atoms with Gasteiger partial charge in [0.15, 0.2) is 0 Å². The van der Waals surface area contributed by atoms with Gasteiger partial charge in [-0.2, -0.15) is 0 Å². The van der Waals surface area contributed by atoms with Gasteiger partial charge in [-0.25, -0.2) is 0 Å². The Morgan fingerprint density at radius 1 is 1.36 bits per heavy atom. The van der Waals surface area contributed by atoms with Gasteiger partial charge in [0.2, 0.25) is 11.8 Å². The zero-order chi connectivity index (χ0) is 10.2. The highest BCUT2D eigenvalue weighted by molar-refractivity contribution is 5.98. The molecule has 1 aliphatic heterocycles. The molecule has 0 aromatic rings. The number of hydrogen-bond donors (Lipinski definition) is 1. The summed E-state index contributed by atoms with van der Waals surface area (Å²) in [5.41, 5.74) is -0.0702. The Kier molecular flexibility index (Phi) is 2.31. The topological polar surface area (TPSA) is 55.4 Å². The molecule has 1 aliphatic carbocycles. The van der Waals surface area contributed by atoms with Crippen LogP contribution in [0.25, 0.3) is 0 Å². The number of carbonyl (C=O) groups is 2. The van der Waals surface area contributed by atoms with Crippen LogP contribution >= 0.6 is 0 Å². The molecule has 0 aromatic heterocycles. The van der Waals surface area contributed by atoms with Crippen molar-refractivity contribution in [3.8, 4) is 0 Å². The molecule has 4 heteroatoms. The summed E-state index contributed by atoms with van der Waals surface area (Å²) < 4.78 is 5.43. The molecule has 1 saturated heterocycles. The molecular formula is C10H15NO3. The predicted octanol–water partition coefficient (Wildman–Crippen LogP) is 0.608. The first-order valence-electron chi connectivity index (χ1n) is 5.08. The summed E-state index contributed by atoms with van der Waals surface area (Å²) in [5.74, 6) is -0.257. The summed E-state index contributed by atoms with van der Waals surface area (Å²) in [5, 5.41) is 2.33. The van der Waals surface area contributed by atoms with E-state index in [0.29, 0.717) is 19.4 Å². The highest BCUT2D eigenvalue weighted by Gasteiger charge is 2.49. The molecule has 0 atom stereocenters. The molecule has 0 unspecified atom stereocenters. The van der Waals surface area contributed by atoms with Crippen molar-refractivity contribution in [2.75, 3.05) is 6.61 Å². The van der Waals surface area contributed by atoms with E-state index in [4.69, 9.17) is 4.74 Å². The van der Waals surface area contributed by atoms with Crippen molar-refractivity contribution in [2.45, 2.75) is 38.7 Å². The number of carbonyl (C=O) groups excluding carboxylic acids is 2. The Bertz CT molecular complexity index is 251. The number of hydrogen-bond acceptors (Lipinski definition) is 3. The predicted molar refractivity (Wildman–Crippen MR) is 49.5 cm³/mol. The average Bonchev–Trinajstić information content (AvgIpc) is 1.99. The van der Waals surface area contributed by atoms with Gasteiger partial charge in [0.25, 0.3) is 0 Å². The largest absolute Gasteiger partial charge is 0.378 e. The molecule has 2 aliphatic rings. The molecule has 2 fully saturated rings. The SMILES string of the molecule is CCOC1CC2(CC(=O)NC(=O)C2)C1. The Labute approximate surface area is 83.0 Å². The molecule has 14 heavy (non-hydrogen) atoms. The van der Waals surface area contributed by atoms with Crippen LogP contribution in [0.5, 0.6) is 0 Å². The van der Waals surface area contributed by atoms with Crippen LogP contribution in [-0.4, -0.2) is 24.5 Å². The zero-order valence-corrected chi connectivity index (χ0v) is 8.34. The minimum absolute atomic E-state index is 0.0702. The summed E-state index contributed by atoms with van der Waals surface area (Å²) in [6, 6.07) is 0. The number of ether oxygens (including phenoxy) is 1. The fraction of sp³-hybridized carbons (Fsp3) is 0.800. The van der Waals surface area contributed by atoms with Crippen molar-refractivity contribution in [1.82, 2.24) is 5.32 Å². The Balaban J connectivity index is 1.92. The van der Waals surface area contributed by atoms with E-state index in [1.54, 1.807) is 0 Å². The molecule has 1 heterocycles. The van der Waals surface area contributed by atoms with Crippen molar-refractivity contribution in [3.05, 3.63) is 0 Å². The second-order valence-corrected chi connectivity index (χ2v) is 4.31. The molecule has 4 nitrogen and oxygen atoms in total. The van der Waals surface area contributed by atoms with Crippen molar-refractivity contribution < 1.29 is 14.3 Å². The van der Waals surface area contributed by atoms with E-state index in [2.05, 4.69) is 5.32 Å². The molecule has 1 N–H and O–H groups in total. The van der Waals surface area contributed by atoms with Gasteiger partial charge in [-0.1, -0.05) is 0 Å². The third-order valence-electron chi connectivity index (χ3n) is 3.07. The molecule has 0 bridgehead atoms. The summed E-state index contributed by atoms with van der Waals surface area (Å²) in [6.45, 7) is 2.67. The fourth-order valence-electron chi connectivity index (χ4n) is 2.54. The maximum atomic E-state index is 11.2. The lowest BCUT2D eigenvalue weighted by atomic mass is 9.61. The first-order chi connectivity index (χ1) is 6.63. The molecule has 2 rings (SSSR count). The second-order valence-electron chi connectivity index (χ2n) is 4.31. The van der Waals surface area contributed by atoms with Gasteiger partial charge in [-0.3, -0.25) is 14.9 Å². The zero-order valence-electron chi connectivity index (χ0n) is 8.34. The lowest BCUT2D eigenvalue weighted by Gasteiger charge is -2.48. The van der Waals surface area contributed by atoms with Gasteiger partial charge < -0.3 is 4.74 Å². The fourth-order valence-corrected chi connectivity index (χ4v) is 2.54. The first kappa shape index (κ1) is 9.65. The Morgan fingerprint density at radius 3 is 2.43 bits per heavy atom. The van der Waals surface area contributed by atoms with Gasteiger partial charge >= 0.3 is 0 Å². The van der Waals surface area contributed by atoms with Crippen LogP contribution < -0.4 is 5.32 Å². The Hall–Kier alpha value is -0.900. The number of imide groups is 1. The first-order valence-corrected chi connectivity index (χ1v) is 5.08. The third-order valence-corrected chi connectivity index (χ3v) is 3.07. The van der Waals surface area contributed by atoms with Crippen LogP contribution in [0, 0.1) is 5.41 Å². The molecule has 0 aromatic carbocycles.